The molecule has 0 amide bonds. The van der Waals surface area contributed by atoms with Gasteiger partial charge < -0.3 is 14.5 Å². The molecule has 0 saturated heterocycles. The minimum Gasteiger partial charge on any atom is -0.494 e. The second-order valence-corrected chi connectivity index (χ2v) is 4.51. The van der Waals surface area contributed by atoms with E-state index in [1.54, 1.807) is 12.1 Å². The molecule has 0 bridgehead atoms. The molecule has 0 aliphatic carbocycles. The highest BCUT2D eigenvalue weighted by molar-refractivity contribution is 5.61. The average Bonchev–Trinajstić information content (AvgIpc) is 2.85. The number of benzene rings is 1. The molecule has 0 atom stereocenters. The molecule has 0 aliphatic heterocycles. The SMILES string of the molecule is COc1cc(-c2ocnc2CNC(C)C)ccc1F. The number of hydrogen-bond acceptors (Lipinski definition) is 4. The van der Waals surface area contributed by atoms with Crippen molar-refractivity contribution in [2.75, 3.05) is 7.11 Å². The van der Waals surface area contributed by atoms with Gasteiger partial charge in [-0.3, -0.25) is 0 Å². The predicted molar refractivity (Wildman–Crippen MR) is 70.4 cm³/mol. The Hall–Kier alpha value is -1.88. The van der Waals surface area contributed by atoms with Crippen LogP contribution in [0.4, 0.5) is 4.39 Å². The first-order valence-electron chi connectivity index (χ1n) is 6.11. The van der Waals surface area contributed by atoms with E-state index in [-0.39, 0.29) is 5.75 Å². The molecule has 2 aromatic rings. The van der Waals surface area contributed by atoms with Gasteiger partial charge in [0, 0.05) is 18.2 Å². The van der Waals surface area contributed by atoms with Crippen molar-refractivity contribution in [3.05, 3.63) is 36.1 Å². The number of halogens is 1. The molecule has 2 rings (SSSR count). The van der Waals surface area contributed by atoms with Crippen molar-refractivity contribution in [2.45, 2.75) is 26.4 Å². The first-order valence-corrected chi connectivity index (χ1v) is 6.11. The zero-order chi connectivity index (χ0) is 13.8. The average molecular weight is 264 g/mol. The summed E-state index contributed by atoms with van der Waals surface area (Å²) in [6, 6.07) is 4.97. The van der Waals surface area contributed by atoms with Gasteiger partial charge in [0.05, 0.1) is 7.11 Å². The van der Waals surface area contributed by atoms with Crippen LogP contribution < -0.4 is 10.1 Å². The maximum absolute atomic E-state index is 13.4. The zero-order valence-electron chi connectivity index (χ0n) is 11.2. The Labute approximate surface area is 111 Å². The maximum atomic E-state index is 13.4. The molecular weight excluding hydrogens is 247 g/mol. The molecule has 102 valence electrons. The van der Waals surface area contributed by atoms with Crippen LogP contribution in [0.2, 0.25) is 0 Å². The summed E-state index contributed by atoms with van der Waals surface area (Å²) in [4.78, 5) is 4.18. The number of rotatable bonds is 5. The Kier molecular flexibility index (Phi) is 4.16. The van der Waals surface area contributed by atoms with Gasteiger partial charge in [-0.1, -0.05) is 13.8 Å². The summed E-state index contributed by atoms with van der Waals surface area (Å²) in [5, 5.41) is 3.27. The van der Waals surface area contributed by atoms with E-state index in [0.717, 1.165) is 11.3 Å². The molecule has 1 aromatic heterocycles. The lowest BCUT2D eigenvalue weighted by molar-refractivity contribution is 0.386. The lowest BCUT2D eigenvalue weighted by Crippen LogP contribution is -2.22. The molecule has 0 fully saturated rings. The number of oxazole rings is 1. The molecule has 1 aromatic carbocycles. The Morgan fingerprint density at radius 1 is 1.42 bits per heavy atom. The summed E-state index contributed by atoms with van der Waals surface area (Å²) in [5.74, 6) is 0.427. The van der Waals surface area contributed by atoms with E-state index in [1.807, 2.05) is 0 Å². The molecule has 4 nitrogen and oxygen atoms in total. The molecule has 0 saturated carbocycles. The highest BCUT2D eigenvalue weighted by Crippen LogP contribution is 2.28. The lowest BCUT2D eigenvalue weighted by Gasteiger charge is -2.08. The third kappa shape index (κ3) is 3.12. The number of hydrogen-bond donors (Lipinski definition) is 1. The van der Waals surface area contributed by atoms with Crippen molar-refractivity contribution in [1.82, 2.24) is 10.3 Å². The highest BCUT2D eigenvalue weighted by atomic mass is 19.1. The number of aromatic nitrogens is 1. The van der Waals surface area contributed by atoms with Crippen molar-refractivity contribution in [1.29, 1.82) is 0 Å². The molecule has 1 N–H and O–H groups in total. The standard InChI is InChI=1S/C14H17FN2O2/c1-9(2)16-7-12-14(19-8-17-12)10-4-5-11(15)13(6-10)18-3/h4-6,8-9,16H,7H2,1-3H3. The number of nitrogens with zero attached hydrogens (tertiary/aromatic N) is 1. The van der Waals surface area contributed by atoms with Crippen LogP contribution in [0.15, 0.2) is 29.0 Å². The van der Waals surface area contributed by atoms with Crippen LogP contribution in [0.3, 0.4) is 0 Å². The van der Waals surface area contributed by atoms with Crippen molar-refractivity contribution in [3.63, 3.8) is 0 Å². The van der Waals surface area contributed by atoms with E-state index >= 15 is 0 Å². The highest BCUT2D eigenvalue weighted by Gasteiger charge is 2.13. The van der Waals surface area contributed by atoms with Crippen molar-refractivity contribution in [3.8, 4) is 17.1 Å². The molecular formula is C14H17FN2O2. The first-order chi connectivity index (χ1) is 9.11. The minimum absolute atomic E-state index is 0.191. The number of methoxy groups -OCH3 is 1. The van der Waals surface area contributed by atoms with Crippen LogP contribution >= 0.6 is 0 Å². The minimum atomic E-state index is -0.396. The third-order valence-corrected chi connectivity index (χ3v) is 2.73. The van der Waals surface area contributed by atoms with Gasteiger partial charge >= 0.3 is 0 Å². The summed E-state index contributed by atoms with van der Waals surface area (Å²) in [7, 11) is 1.43. The van der Waals surface area contributed by atoms with Gasteiger partial charge in [0.25, 0.3) is 0 Å². The fraction of sp³-hybridized carbons (Fsp3) is 0.357. The molecule has 0 spiro atoms. The monoisotopic (exact) mass is 264 g/mol. The van der Waals surface area contributed by atoms with E-state index in [9.17, 15) is 4.39 Å². The summed E-state index contributed by atoms with van der Waals surface area (Å²) in [5.41, 5.74) is 1.54. The van der Waals surface area contributed by atoms with E-state index < -0.39 is 5.82 Å². The smallest absolute Gasteiger partial charge is 0.181 e. The van der Waals surface area contributed by atoms with Crippen molar-refractivity contribution in [2.24, 2.45) is 0 Å². The number of ether oxygens (including phenoxy) is 1. The molecule has 0 unspecified atom stereocenters. The lowest BCUT2D eigenvalue weighted by atomic mass is 10.1. The van der Waals surface area contributed by atoms with Crippen LogP contribution in [-0.2, 0) is 6.54 Å². The first kappa shape index (κ1) is 13.5. The molecule has 1 heterocycles. The molecule has 0 aliphatic rings. The summed E-state index contributed by atoms with van der Waals surface area (Å²) in [6.07, 6.45) is 1.39. The van der Waals surface area contributed by atoms with Crippen molar-refractivity contribution < 1.29 is 13.5 Å². The number of nitrogens with one attached hydrogen (secondary N) is 1. The zero-order valence-corrected chi connectivity index (χ0v) is 11.2. The van der Waals surface area contributed by atoms with E-state index in [4.69, 9.17) is 9.15 Å². The fourth-order valence-corrected chi connectivity index (χ4v) is 1.73. The van der Waals surface area contributed by atoms with Gasteiger partial charge in [-0.15, -0.1) is 0 Å². The van der Waals surface area contributed by atoms with Gasteiger partial charge in [0.2, 0.25) is 0 Å². The van der Waals surface area contributed by atoms with Crippen LogP contribution in [-0.4, -0.2) is 18.1 Å². The second-order valence-electron chi connectivity index (χ2n) is 4.51. The Balaban J connectivity index is 2.29. The third-order valence-electron chi connectivity index (χ3n) is 2.73. The molecule has 0 radical (unpaired) electrons. The van der Waals surface area contributed by atoms with E-state index in [2.05, 4.69) is 24.1 Å². The Morgan fingerprint density at radius 3 is 2.89 bits per heavy atom. The summed E-state index contributed by atoms with van der Waals surface area (Å²) < 4.78 is 23.7. The topological polar surface area (TPSA) is 47.3 Å². The quantitative estimate of drug-likeness (QED) is 0.901. The Bertz CT molecular complexity index is 552. The normalized spacial score (nSPS) is 11.0. The van der Waals surface area contributed by atoms with Gasteiger partial charge in [-0.25, -0.2) is 9.37 Å². The molecule has 19 heavy (non-hydrogen) atoms. The summed E-state index contributed by atoms with van der Waals surface area (Å²) >= 11 is 0. The van der Waals surface area contributed by atoms with Gasteiger partial charge in [-0.05, 0) is 18.2 Å². The van der Waals surface area contributed by atoms with Gasteiger partial charge in [0.1, 0.15) is 5.69 Å². The van der Waals surface area contributed by atoms with Crippen molar-refractivity contribution >= 4 is 0 Å². The fourth-order valence-electron chi connectivity index (χ4n) is 1.73. The maximum Gasteiger partial charge on any atom is 0.181 e. The van der Waals surface area contributed by atoms with E-state index in [1.165, 1.54) is 19.6 Å². The van der Waals surface area contributed by atoms with Crippen LogP contribution in [0.5, 0.6) is 5.75 Å². The second kappa shape index (κ2) is 5.84. The van der Waals surface area contributed by atoms with Crippen LogP contribution in [0.25, 0.3) is 11.3 Å². The molecule has 5 heteroatoms. The van der Waals surface area contributed by atoms with Gasteiger partial charge in [-0.2, -0.15) is 0 Å². The predicted octanol–water partition coefficient (Wildman–Crippen LogP) is 2.99. The van der Waals surface area contributed by atoms with Crippen LogP contribution in [0, 0.1) is 5.82 Å². The largest absolute Gasteiger partial charge is 0.494 e. The summed E-state index contributed by atoms with van der Waals surface area (Å²) in [6.45, 7) is 4.71. The van der Waals surface area contributed by atoms with Gasteiger partial charge in [0.15, 0.2) is 23.7 Å². The van der Waals surface area contributed by atoms with E-state index in [0.29, 0.717) is 18.3 Å². The van der Waals surface area contributed by atoms with Crippen LogP contribution in [0.1, 0.15) is 19.5 Å². The Morgan fingerprint density at radius 2 is 2.21 bits per heavy atom.